The third kappa shape index (κ3) is 7.70. The first-order chi connectivity index (χ1) is 9.49. The van der Waals surface area contributed by atoms with E-state index >= 15 is 0 Å². The van der Waals surface area contributed by atoms with Gasteiger partial charge in [-0.1, -0.05) is 63.5 Å². The van der Waals surface area contributed by atoms with Gasteiger partial charge in [-0.2, -0.15) is 0 Å². The fraction of sp³-hybridized carbons (Fsp3) is 0.167. The Morgan fingerprint density at radius 2 is 1.20 bits per heavy atom. The first kappa shape index (κ1) is 18.3. The Kier molecular flexibility index (Phi) is 9.31. The average Bonchev–Trinajstić information content (AvgIpc) is 2.45. The smallest absolute Gasteiger partial charge is 0.159 e. The molecule has 0 aliphatic heterocycles. The van der Waals surface area contributed by atoms with Crippen molar-refractivity contribution in [3.05, 3.63) is 82.9 Å². The molecule has 1 nitrogen and oxygen atoms in total. The van der Waals surface area contributed by atoms with Gasteiger partial charge in [0.25, 0.3) is 0 Å². The van der Waals surface area contributed by atoms with Crippen molar-refractivity contribution in [3.8, 4) is 0 Å². The lowest BCUT2D eigenvalue weighted by Crippen LogP contribution is -1.90. The molecule has 0 spiro atoms. The number of rotatable bonds is 1. The van der Waals surface area contributed by atoms with Crippen LogP contribution in [0.1, 0.15) is 28.4 Å². The second kappa shape index (κ2) is 10.2. The average molecular weight is 333 g/mol. The molecule has 106 valence electrons. The zero-order valence-electron chi connectivity index (χ0n) is 12.3. The molecule has 0 fully saturated rings. The van der Waals surface area contributed by atoms with E-state index in [4.69, 9.17) is 0 Å². The van der Waals surface area contributed by atoms with Crippen molar-refractivity contribution in [2.75, 3.05) is 0 Å². The van der Waals surface area contributed by atoms with Crippen LogP contribution in [0.2, 0.25) is 0 Å². The van der Waals surface area contributed by atoms with Gasteiger partial charge in [-0.05, 0) is 32.9 Å². The number of hydrogen-bond donors (Lipinski definition) is 0. The number of hydrogen-bond acceptors (Lipinski definition) is 1. The summed E-state index contributed by atoms with van der Waals surface area (Å²) in [6.07, 6.45) is 0. The number of halogens is 1. The highest BCUT2D eigenvalue weighted by Crippen LogP contribution is 2.08. The fourth-order valence-electron chi connectivity index (χ4n) is 1.32. The van der Waals surface area contributed by atoms with Gasteiger partial charge in [0.05, 0.1) is 0 Å². The number of Topliss-reactive ketones (excluding diaryl/α,β-unsaturated/α-hetero) is 1. The number of benzene rings is 2. The maximum Gasteiger partial charge on any atom is 0.159 e. The van der Waals surface area contributed by atoms with Gasteiger partial charge in [0.2, 0.25) is 0 Å². The van der Waals surface area contributed by atoms with Crippen molar-refractivity contribution >= 4 is 21.7 Å². The molecule has 2 aromatic rings. The van der Waals surface area contributed by atoms with E-state index in [-0.39, 0.29) is 5.78 Å². The quantitative estimate of drug-likeness (QED) is 0.479. The molecular formula is C18H21BrO. The predicted molar refractivity (Wildman–Crippen MR) is 91.3 cm³/mol. The molecule has 0 saturated carbocycles. The number of ketones is 1. The summed E-state index contributed by atoms with van der Waals surface area (Å²) >= 11 is 3.35. The maximum absolute atomic E-state index is 10.8. The molecule has 0 aromatic heterocycles. The van der Waals surface area contributed by atoms with Gasteiger partial charge in [-0.25, -0.2) is 0 Å². The first-order valence-electron chi connectivity index (χ1n) is 6.29. The van der Waals surface area contributed by atoms with Gasteiger partial charge in [0.1, 0.15) is 0 Å². The second-order valence-electron chi connectivity index (χ2n) is 4.22. The van der Waals surface area contributed by atoms with E-state index in [0.717, 1.165) is 10.0 Å². The minimum absolute atomic E-state index is 0.125. The van der Waals surface area contributed by atoms with Crippen molar-refractivity contribution in [1.29, 1.82) is 0 Å². The molecule has 2 aromatic carbocycles. The van der Waals surface area contributed by atoms with Gasteiger partial charge in [-0.15, -0.1) is 13.2 Å². The maximum atomic E-state index is 10.8. The Hall–Kier alpha value is -1.67. The van der Waals surface area contributed by atoms with E-state index in [0.29, 0.717) is 0 Å². The molecule has 0 aliphatic carbocycles. The summed E-state index contributed by atoms with van der Waals surface area (Å²) in [5.74, 6) is 0.125. The van der Waals surface area contributed by atoms with Gasteiger partial charge >= 0.3 is 0 Å². The Bertz CT molecular complexity index is 491. The highest BCUT2D eigenvalue weighted by Gasteiger charge is 1.95. The summed E-state index contributed by atoms with van der Waals surface area (Å²) in [5.41, 5.74) is 3.27. The summed E-state index contributed by atoms with van der Waals surface area (Å²) in [4.78, 5) is 10.8. The van der Waals surface area contributed by atoms with Crippen LogP contribution < -0.4 is 0 Å². The van der Waals surface area contributed by atoms with Crippen LogP contribution in [-0.2, 0) is 0 Å². The minimum Gasteiger partial charge on any atom is -0.295 e. The van der Waals surface area contributed by atoms with Crippen LogP contribution in [0.25, 0.3) is 0 Å². The van der Waals surface area contributed by atoms with Crippen LogP contribution in [-0.4, -0.2) is 5.78 Å². The zero-order valence-corrected chi connectivity index (χ0v) is 13.9. The van der Waals surface area contributed by atoms with Crippen molar-refractivity contribution < 1.29 is 4.79 Å². The Balaban J connectivity index is 0.000000327. The van der Waals surface area contributed by atoms with Crippen LogP contribution in [0.5, 0.6) is 0 Å². The lowest BCUT2D eigenvalue weighted by molar-refractivity contribution is 0.101. The molecule has 0 heterocycles. The van der Waals surface area contributed by atoms with Crippen molar-refractivity contribution in [2.24, 2.45) is 0 Å². The summed E-state index contributed by atoms with van der Waals surface area (Å²) in [6, 6.07) is 15.8. The van der Waals surface area contributed by atoms with Gasteiger partial charge in [0, 0.05) is 10.0 Å². The molecule has 0 amide bonds. The minimum atomic E-state index is 0.125. The highest BCUT2D eigenvalue weighted by atomic mass is 79.9. The normalized spacial score (nSPS) is 8.60. The van der Waals surface area contributed by atoms with Crippen molar-refractivity contribution in [2.45, 2.75) is 20.8 Å². The van der Waals surface area contributed by atoms with Crippen LogP contribution in [0.4, 0.5) is 0 Å². The Labute approximate surface area is 130 Å². The number of aryl methyl sites for hydroxylation is 2. The molecule has 0 aliphatic rings. The molecule has 0 radical (unpaired) electrons. The van der Waals surface area contributed by atoms with Crippen LogP contribution in [0.3, 0.4) is 0 Å². The largest absolute Gasteiger partial charge is 0.295 e. The topological polar surface area (TPSA) is 17.1 Å². The third-order valence-electron chi connectivity index (χ3n) is 2.47. The second-order valence-corrected chi connectivity index (χ2v) is 5.13. The lowest BCUT2D eigenvalue weighted by Gasteiger charge is -1.93. The summed E-state index contributed by atoms with van der Waals surface area (Å²) in [7, 11) is 0. The lowest BCUT2D eigenvalue weighted by atomic mass is 10.1. The molecule has 2 heteroatoms. The van der Waals surface area contributed by atoms with E-state index in [1.807, 2.05) is 43.3 Å². The first-order valence-corrected chi connectivity index (χ1v) is 7.08. The van der Waals surface area contributed by atoms with E-state index in [1.54, 1.807) is 6.92 Å². The molecule has 0 bridgehead atoms. The van der Waals surface area contributed by atoms with Gasteiger partial charge < -0.3 is 0 Å². The molecule has 0 N–H and O–H groups in total. The highest BCUT2D eigenvalue weighted by molar-refractivity contribution is 9.10. The van der Waals surface area contributed by atoms with Crippen LogP contribution in [0, 0.1) is 13.8 Å². The number of carbonyl (C=O) groups excluding carboxylic acids is 1. The Morgan fingerprint density at radius 1 is 0.850 bits per heavy atom. The summed E-state index contributed by atoms with van der Waals surface area (Å²) < 4.78 is 1.14. The van der Waals surface area contributed by atoms with E-state index in [2.05, 4.69) is 48.1 Å². The Morgan fingerprint density at radius 3 is 1.50 bits per heavy atom. The standard InChI is InChI=1S/C9H10O.C7H7Br.C2H4/c1-7-3-5-9(6-4-7)8(2)10;1-6-2-4-7(8)5-3-6;1-2/h3-6H,1-2H3;2-5H,1H3;1-2H2. The van der Waals surface area contributed by atoms with Crippen LogP contribution >= 0.6 is 15.9 Å². The molecule has 0 unspecified atom stereocenters. The molecule has 2 rings (SSSR count). The van der Waals surface area contributed by atoms with E-state index in [9.17, 15) is 4.79 Å². The summed E-state index contributed by atoms with van der Waals surface area (Å²) in [6.45, 7) is 11.7. The molecule has 0 atom stereocenters. The SMILES string of the molecule is C=C.CC(=O)c1ccc(C)cc1.Cc1ccc(Br)cc1. The van der Waals surface area contributed by atoms with Gasteiger partial charge in [0.15, 0.2) is 5.78 Å². The zero-order chi connectivity index (χ0) is 15.5. The van der Waals surface area contributed by atoms with Gasteiger partial charge in [-0.3, -0.25) is 4.79 Å². The van der Waals surface area contributed by atoms with Crippen molar-refractivity contribution in [3.63, 3.8) is 0 Å². The molecule has 0 saturated heterocycles. The van der Waals surface area contributed by atoms with Crippen LogP contribution in [0.15, 0.2) is 66.2 Å². The molecular weight excluding hydrogens is 312 g/mol. The monoisotopic (exact) mass is 332 g/mol. The van der Waals surface area contributed by atoms with Crippen molar-refractivity contribution in [1.82, 2.24) is 0 Å². The van der Waals surface area contributed by atoms with E-state index < -0.39 is 0 Å². The van der Waals surface area contributed by atoms with E-state index in [1.165, 1.54) is 11.1 Å². The third-order valence-corrected chi connectivity index (χ3v) is 3.00. The fourth-order valence-corrected chi connectivity index (χ4v) is 1.59. The predicted octanol–water partition coefficient (Wildman–Crippen LogP) is 5.76. The molecule has 20 heavy (non-hydrogen) atoms. The summed E-state index contributed by atoms with van der Waals surface area (Å²) in [5, 5.41) is 0. The number of carbonyl (C=O) groups is 1.